The van der Waals surface area contributed by atoms with Crippen LogP contribution in [0.1, 0.15) is 16.8 Å². The molecule has 5 rings (SSSR count). The Morgan fingerprint density at radius 3 is 2.12 bits per heavy atom. The van der Waals surface area contributed by atoms with Crippen LogP contribution in [0, 0.1) is 0 Å². The second-order valence-corrected chi connectivity index (χ2v) is 8.13. The van der Waals surface area contributed by atoms with Crippen LogP contribution >= 0.6 is 0 Å². The van der Waals surface area contributed by atoms with Crippen LogP contribution in [0.4, 0.5) is 17.2 Å². The van der Waals surface area contributed by atoms with Crippen LogP contribution in [0.25, 0.3) is 17.2 Å². The molecule has 0 bridgehead atoms. The molecule has 0 radical (unpaired) electrons. The molecule has 0 saturated carbocycles. The molecule has 3 aromatic carbocycles. The van der Waals surface area contributed by atoms with E-state index in [0.29, 0.717) is 0 Å². The van der Waals surface area contributed by atoms with Gasteiger partial charge < -0.3 is 4.98 Å². The summed E-state index contributed by atoms with van der Waals surface area (Å²) in [5.41, 5.74) is 13.1. The fourth-order valence-corrected chi connectivity index (χ4v) is 4.42. The van der Waals surface area contributed by atoms with Crippen molar-refractivity contribution in [3.8, 4) is 0 Å². The molecule has 158 valence electrons. The normalized spacial score (nSPS) is 13.7. The van der Waals surface area contributed by atoms with E-state index < -0.39 is 0 Å². The molecule has 0 fully saturated rings. The second kappa shape index (κ2) is 8.74. The number of nitrogens with zero attached hydrogens (tertiary/aromatic N) is 1. The monoisotopic (exact) mass is 424 g/mol. The molecule has 1 aliphatic carbocycles. The lowest BCUT2D eigenvalue weighted by molar-refractivity contribution is 1.20. The van der Waals surface area contributed by atoms with E-state index in [4.69, 9.17) is 0 Å². The van der Waals surface area contributed by atoms with Crippen LogP contribution in [0.5, 0.6) is 0 Å². The lowest BCUT2D eigenvalue weighted by Gasteiger charge is -2.23. The standard InChI is InChI=1S/C30H25BN2/c1-4-26-28(21(2)27-17-15-22(31-3)19-29(26)27)20-23-16-18-30(32-23)33(24-11-7-5-8-12-24)25-13-9-6-10-14-25/h5-20,31-32H,1-2H2,3H3/b28-20-. The highest BCUT2D eigenvalue weighted by Crippen LogP contribution is 2.44. The first-order valence-corrected chi connectivity index (χ1v) is 11.2. The molecule has 4 aromatic rings. The summed E-state index contributed by atoms with van der Waals surface area (Å²) < 4.78 is 0. The van der Waals surface area contributed by atoms with Gasteiger partial charge in [0.2, 0.25) is 0 Å². The van der Waals surface area contributed by atoms with Crippen molar-refractivity contribution < 1.29 is 0 Å². The predicted octanol–water partition coefficient (Wildman–Crippen LogP) is 6.87. The summed E-state index contributed by atoms with van der Waals surface area (Å²) in [7, 11) is 0.998. The van der Waals surface area contributed by atoms with Gasteiger partial charge in [0.15, 0.2) is 7.28 Å². The highest BCUT2D eigenvalue weighted by Gasteiger charge is 2.25. The number of rotatable bonds is 5. The average molecular weight is 424 g/mol. The Morgan fingerprint density at radius 1 is 0.848 bits per heavy atom. The van der Waals surface area contributed by atoms with E-state index in [2.05, 4.69) is 121 Å². The molecule has 1 aromatic heterocycles. The zero-order valence-electron chi connectivity index (χ0n) is 18.8. The largest absolute Gasteiger partial charge is 0.341 e. The topological polar surface area (TPSA) is 19.0 Å². The number of nitrogens with one attached hydrogen (secondary N) is 1. The van der Waals surface area contributed by atoms with Gasteiger partial charge in [0.1, 0.15) is 5.82 Å². The van der Waals surface area contributed by atoms with Crippen LogP contribution in [0.2, 0.25) is 6.82 Å². The number of benzene rings is 3. The van der Waals surface area contributed by atoms with E-state index >= 15 is 0 Å². The summed E-state index contributed by atoms with van der Waals surface area (Å²) in [4.78, 5) is 5.82. The third-order valence-corrected chi connectivity index (χ3v) is 6.12. The van der Waals surface area contributed by atoms with Crippen molar-refractivity contribution in [2.75, 3.05) is 4.90 Å². The van der Waals surface area contributed by atoms with Crippen molar-refractivity contribution in [2.45, 2.75) is 6.82 Å². The summed E-state index contributed by atoms with van der Waals surface area (Å²) >= 11 is 0. The SMILES string of the molecule is C=C=C1/C(=C\c2ccc(N(c3ccccc3)c3ccccc3)[nH]2)C(=C)c2ccc(BC)cc21. The number of aromatic nitrogens is 1. The molecule has 1 aliphatic rings. The van der Waals surface area contributed by atoms with Crippen molar-refractivity contribution in [1.82, 2.24) is 4.98 Å². The minimum absolute atomic E-state index is 0.998. The molecule has 0 atom stereocenters. The van der Waals surface area contributed by atoms with Gasteiger partial charge in [0.25, 0.3) is 0 Å². The van der Waals surface area contributed by atoms with Crippen LogP contribution in [0.3, 0.4) is 0 Å². The van der Waals surface area contributed by atoms with Crippen molar-refractivity contribution in [1.29, 1.82) is 0 Å². The number of fused-ring (bicyclic) bond motifs is 1. The molecule has 0 saturated heterocycles. The quantitative estimate of drug-likeness (QED) is 0.274. The molecule has 0 unspecified atom stereocenters. The van der Waals surface area contributed by atoms with Gasteiger partial charge in [-0.1, -0.05) is 80.0 Å². The van der Waals surface area contributed by atoms with E-state index in [-0.39, 0.29) is 0 Å². The smallest absolute Gasteiger partial charge is 0.154 e. The summed E-state index contributed by atoms with van der Waals surface area (Å²) in [5.74, 6) is 0.998. The van der Waals surface area contributed by atoms with Crippen LogP contribution in [0.15, 0.2) is 115 Å². The number of aromatic amines is 1. The molecule has 2 nitrogen and oxygen atoms in total. The highest BCUT2D eigenvalue weighted by molar-refractivity contribution is 6.52. The van der Waals surface area contributed by atoms with Gasteiger partial charge in [-0.3, -0.25) is 4.90 Å². The second-order valence-electron chi connectivity index (χ2n) is 8.13. The summed E-state index contributed by atoms with van der Waals surface area (Å²) in [6, 6.07) is 31.6. The molecule has 1 N–H and O–H groups in total. The predicted molar refractivity (Wildman–Crippen MR) is 144 cm³/mol. The number of para-hydroxylation sites is 2. The van der Waals surface area contributed by atoms with Crippen molar-refractivity contribution in [2.24, 2.45) is 0 Å². The number of hydrogen-bond acceptors (Lipinski definition) is 1. The third-order valence-electron chi connectivity index (χ3n) is 6.12. The lowest BCUT2D eigenvalue weighted by Crippen LogP contribution is -2.10. The zero-order valence-corrected chi connectivity index (χ0v) is 18.8. The maximum atomic E-state index is 4.38. The maximum absolute atomic E-state index is 4.38. The molecule has 0 amide bonds. The number of anilines is 3. The summed E-state index contributed by atoms with van der Waals surface area (Å²) in [6.45, 7) is 10.5. The van der Waals surface area contributed by atoms with Crippen LogP contribution < -0.4 is 10.4 Å². The summed E-state index contributed by atoms with van der Waals surface area (Å²) in [5, 5.41) is 0. The minimum Gasteiger partial charge on any atom is -0.341 e. The Hall–Kier alpha value is -4.20. The Morgan fingerprint density at radius 2 is 1.52 bits per heavy atom. The van der Waals surface area contributed by atoms with Gasteiger partial charge >= 0.3 is 0 Å². The Kier molecular flexibility index (Phi) is 5.48. The van der Waals surface area contributed by atoms with E-state index in [1.54, 1.807) is 0 Å². The Balaban J connectivity index is 1.55. The Bertz CT molecular complexity index is 1360. The van der Waals surface area contributed by atoms with Gasteiger partial charge in [-0.2, -0.15) is 0 Å². The lowest BCUT2D eigenvalue weighted by atomic mass is 9.72. The van der Waals surface area contributed by atoms with E-state index in [1.165, 1.54) is 11.0 Å². The van der Waals surface area contributed by atoms with Gasteiger partial charge in [-0.25, -0.2) is 0 Å². The molecule has 33 heavy (non-hydrogen) atoms. The van der Waals surface area contributed by atoms with E-state index in [9.17, 15) is 0 Å². The number of hydrogen-bond donors (Lipinski definition) is 1. The van der Waals surface area contributed by atoms with Gasteiger partial charge in [0.05, 0.1) is 0 Å². The fourth-order valence-electron chi connectivity index (χ4n) is 4.42. The highest BCUT2D eigenvalue weighted by atomic mass is 15.2. The molecule has 3 heteroatoms. The molecular formula is C30H25BN2. The first-order valence-electron chi connectivity index (χ1n) is 11.2. The van der Waals surface area contributed by atoms with Crippen molar-refractivity contribution in [3.63, 3.8) is 0 Å². The molecule has 0 aliphatic heterocycles. The minimum atomic E-state index is 0.998. The van der Waals surface area contributed by atoms with E-state index in [0.717, 1.165) is 52.4 Å². The van der Waals surface area contributed by atoms with Crippen molar-refractivity contribution in [3.05, 3.63) is 132 Å². The Labute approximate surface area is 196 Å². The van der Waals surface area contributed by atoms with Gasteiger partial charge in [-0.15, -0.1) is 5.73 Å². The fraction of sp³-hybridized carbons (Fsp3) is 0.0333. The first kappa shape index (κ1) is 20.7. The number of allylic oxidation sites excluding steroid dienone is 3. The van der Waals surface area contributed by atoms with Gasteiger partial charge in [-0.05, 0) is 64.7 Å². The van der Waals surface area contributed by atoms with Gasteiger partial charge in [0, 0.05) is 22.6 Å². The average Bonchev–Trinajstić information content (AvgIpc) is 3.42. The van der Waals surface area contributed by atoms with Crippen LogP contribution in [-0.2, 0) is 0 Å². The number of H-pyrrole nitrogens is 1. The zero-order chi connectivity index (χ0) is 22.8. The summed E-state index contributed by atoms with van der Waals surface area (Å²) in [6.07, 6.45) is 2.15. The molecule has 1 heterocycles. The first-order chi connectivity index (χ1) is 16.2. The molecular weight excluding hydrogens is 399 g/mol. The molecule has 0 spiro atoms. The van der Waals surface area contributed by atoms with Crippen LogP contribution in [-0.4, -0.2) is 12.3 Å². The van der Waals surface area contributed by atoms with Crippen molar-refractivity contribution >= 4 is 47.2 Å². The maximum Gasteiger partial charge on any atom is 0.154 e. The van der Waals surface area contributed by atoms with E-state index in [1.807, 2.05) is 12.1 Å². The third kappa shape index (κ3) is 3.80.